The lowest BCUT2D eigenvalue weighted by Crippen LogP contribution is -2.24. The van der Waals surface area contributed by atoms with Crippen LogP contribution in [0.3, 0.4) is 0 Å². The van der Waals surface area contributed by atoms with Crippen molar-refractivity contribution in [3.63, 3.8) is 0 Å². The van der Waals surface area contributed by atoms with Crippen molar-refractivity contribution in [1.82, 2.24) is 9.97 Å². The molecule has 4 nitrogen and oxygen atoms in total. The van der Waals surface area contributed by atoms with Gasteiger partial charge in [0.25, 0.3) is 0 Å². The van der Waals surface area contributed by atoms with Crippen LogP contribution in [0.1, 0.15) is 13.3 Å². The van der Waals surface area contributed by atoms with Crippen molar-refractivity contribution in [2.75, 3.05) is 18.5 Å². The Labute approximate surface area is 101 Å². The van der Waals surface area contributed by atoms with E-state index in [1.807, 2.05) is 26.1 Å². The van der Waals surface area contributed by atoms with E-state index in [-0.39, 0.29) is 5.92 Å². The van der Waals surface area contributed by atoms with Gasteiger partial charge < -0.3 is 9.88 Å². The molecule has 0 amide bonds. The molecule has 1 N–H and O–H groups in total. The number of benzene rings is 1. The normalized spacial score (nSPS) is 12.3. The van der Waals surface area contributed by atoms with Crippen molar-refractivity contribution in [2.24, 2.45) is 5.92 Å². The molecule has 88 valence electrons. The van der Waals surface area contributed by atoms with Gasteiger partial charge in [0.1, 0.15) is 0 Å². The molecule has 1 unspecified atom stereocenters. The Kier molecular flexibility index (Phi) is 3.29. The molecule has 1 aromatic carbocycles. The first-order valence-corrected chi connectivity index (χ1v) is 5.78. The SMILES string of the molecule is CCC(C#N)CN(C)c1ccc2nc[nH]c2c1. The molecule has 0 saturated carbocycles. The average molecular weight is 228 g/mol. The molecule has 0 bridgehead atoms. The zero-order valence-electron chi connectivity index (χ0n) is 10.1. The molecule has 2 aromatic rings. The monoisotopic (exact) mass is 228 g/mol. The summed E-state index contributed by atoms with van der Waals surface area (Å²) in [5, 5.41) is 8.97. The van der Waals surface area contributed by atoms with Crippen molar-refractivity contribution in [2.45, 2.75) is 13.3 Å². The van der Waals surface area contributed by atoms with Gasteiger partial charge >= 0.3 is 0 Å². The first-order valence-electron chi connectivity index (χ1n) is 5.78. The fraction of sp³-hybridized carbons (Fsp3) is 0.385. The van der Waals surface area contributed by atoms with E-state index in [1.165, 1.54) is 0 Å². The average Bonchev–Trinajstić information content (AvgIpc) is 2.82. The number of hydrogen-bond donors (Lipinski definition) is 1. The Morgan fingerprint density at radius 1 is 1.53 bits per heavy atom. The lowest BCUT2D eigenvalue weighted by Gasteiger charge is -2.21. The second-order valence-electron chi connectivity index (χ2n) is 4.22. The van der Waals surface area contributed by atoms with Gasteiger partial charge in [0, 0.05) is 19.3 Å². The van der Waals surface area contributed by atoms with E-state index in [0.29, 0.717) is 0 Å². The molecule has 2 rings (SSSR count). The molecular formula is C13H16N4. The fourth-order valence-electron chi connectivity index (χ4n) is 1.86. The molecule has 0 saturated heterocycles. The number of aromatic nitrogens is 2. The van der Waals surface area contributed by atoms with E-state index in [2.05, 4.69) is 27.0 Å². The van der Waals surface area contributed by atoms with Crippen LogP contribution in [0, 0.1) is 17.2 Å². The smallest absolute Gasteiger partial charge is 0.0931 e. The molecule has 0 fully saturated rings. The number of nitriles is 1. The predicted octanol–water partition coefficient (Wildman–Crippen LogP) is 2.55. The number of fused-ring (bicyclic) bond motifs is 1. The molecule has 1 heterocycles. The van der Waals surface area contributed by atoms with Crippen LogP contribution in [0.15, 0.2) is 24.5 Å². The molecule has 0 radical (unpaired) electrons. The topological polar surface area (TPSA) is 55.7 Å². The summed E-state index contributed by atoms with van der Waals surface area (Å²) < 4.78 is 0. The standard InChI is InChI=1S/C13H16N4/c1-3-10(7-14)8-17(2)11-4-5-12-13(6-11)16-9-15-12/h4-6,9-10H,3,8H2,1-2H3,(H,15,16). The Balaban J connectivity index is 2.18. The molecule has 1 atom stereocenters. The van der Waals surface area contributed by atoms with Crippen LogP contribution >= 0.6 is 0 Å². The summed E-state index contributed by atoms with van der Waals surface area (Å²) in [5.74, 6) is 0.0810. The number of aromatic amines is 1. The van der Waals surface area contributed by atoms with Crippen LogP contribution in [-0.4, -0.2) is 23.6 Å². The Morgan fingerprint density at radius 3 is 3.06 bits per heavy atom. The molecule has 4 heteroatoms. The number of anilines is 1. The highest BCUT2D eigenvalue weighted by Gasteiger charge is 2.09. The van der Waals surface area contributed by atoms with Gasteiger partial charge in [-0.25, -0.2) is 4.98 Å². The minimum Gasteiger partial charge on any atom is -0.373 e. The second kappa shape index (κ2) is 4.88. The minimum absolute atomic E-state index is 0.0810. The van der Waals surface area contributed by atoms with Crippen LogP contribution < -0.4 is 4.90 Å². The maximum absolute atomic E-state index is 8.97. The lowest BCUT2D eigenvalue weighted by atomic mass is 10.1. The molecule has 0 spiro atoms. The maximum atomic E-state index is 8.97. The number of H-pyrrole nitrogens is 1. The molecule has 0 aliphatic rings. The van der Waals surface area contributed by atoms with Gasteiger partial charge in [0.05, 0.1) is 29.3 Å². The van der Waals surface area contributed by atoms with Gasteiger partial charge in [0.15, 0.2) is 0 Å². The van der Waals surface area contributed by atoms with Gasteiger partial charge in [0.2, 0.25) is 0 Å². The van der Waals surface area contributed by atoms with Gasteiger partial charge in [-0.3, -0.25) is 0 Å². The number of imidazole rings is 1. The zero-order valence-corrected chi connectivity index (χ0v) is 10.1. The molecular weight excluding hydrogens is 212 g/mol. The summed E-state index contributed by atoms with van der Waals surface area (Å²) >= 11 is 0. The highest BCUT2D eigenvalue weighted by Crippen LogP contribution is 2.19. The number of rotatable bonds is 4. The largest absolute Gasteiger partial charge is 0.373 e. The summed E-state index contributed by atoms with van der Waals surface area (Å²) in [4.78, 5) is 9.39. The third-order valence-corrected chi connectivity index (χ3v) is 3.01. The van der Waals surface area contributed by atoms with Crippen molar-refractivity contribution in [3.8, 4) is 6.07 Å². The maximum Gasteiger partial charge on any atom is 0.0931 e. The van der Waals surface area contributed by atoms with Crippen LogP contribution in [0.4, 0.5) is 5.69 Å². The van der Waals surface area contributed by atoms with Crippen molar-refractivity contribution >= 4 is 16.7 Å². The van der Waals surface area contributed by atoms with E-state index in [0.717, 1.165) is 29.7 Å². The van der Waals surface area contributed by atoms with Crippen LogP contribution in [0.25, 0.3) is 11.0 Å². The molecule has 0 aliphatic carbocycles. The predicted molar refractivity (Wildman–Crippen MR) is 68.8 cm³/mol. The Hall–Kier alpha value is -2.02. The molecule has 17 heavy (non-hydrogen) atoms. The van der Waals surface area contributed by atoms with Gasteiger partial charge in [-0.1, -0.05) is 6.92 Å². The van der Waals surface area contributed by atoms with Crippen molar-refractivity contribution in [3.05, 3.63) is 24.5 Å². The first kappa shape index (κ1) is 11.5. The third kappa shape index (κ3) is 2.39. The summed E-state index contributed by atoms with van der Waals surface area (Å²) in [6.45, 7) is 2.80. The van der Waals surface area contributed by atoms with Crippen molar-refractivity contribution in [1.29, 1.82) is 5.26 Å². The first-order chi connectivity index (χ1) is 8.24. The number of hydrogen-bond acceptors (Lipinski definition) is 3. The Bertz CT molecular complexity index is 538. The zero-order chi connectivity index (χ0) is 12.3. The van der Waals surface area contributed by atoms with E-state index in [4.69, 9.17) is 5.26 Å². The van der Waals surface area contributed by atoms with Crippen molar-refractivity contribution < 1.29 is 0 Å². The third-order valence-electron chi connectivity index (χ3n) is 3.01. The molecule has 1 aromatic heterocycles. The van der Waals surface area contributed by atoms with Crippen LogP contribution in [0.5, 0.6) is 0 Å². The second-order valence-corrected chi connectivity index (χ2v) is 4.22. The number of nitrogens with one attached hydrogen (secondary N) is 1. The fourth-order valence-corrected chi connectivity index (χ4v) is 1.86. The lowest BCUT2D eigenvalue weighted by molar-refractivity contribution is 0.631. The van der Waals surface area contributed by atoms with Gasteiger partial charge in [-0.2, -0.15) is 5.26 Å². The van der Waals surface area contributed by atoms with E-state index < -0.39 is 0 Å². The molecule has 0 aliphatic heterocycles. The van der Waals surface area contributed by atoms with Gasteiger partial charge in [-0.05, 0) is 24.6 Å². The summed E-state index contributed by atoms with van der Waals surface area (Å²) in [7, 11) is 2.01. The number of nitrogens with zero attached hydrogens (tertiary/aromatic N) is 3. The highest BCUT2D eigenvalue weighted by atomic mass is 15.1. The minimum atomic E-state index is 0.0810. The van der Waals surface area contributed by atoms with E-state index >= 15 is 0 Å². The van der Waals surface area contributed by atoms with Crippen LogP contribution in [-0.2, 0) is 0 Å². The summed E-state index contributed by atoms with van der Waals surface area (Å²) in [5.41, 5.74) is 3.10. The van der Waals surface area contributed by atoms with Crippen LogP contribution in [0.2, 0.25) is 0 Å². The van der Waals surface area contributed by atoms with E-state index in [1.54, 1.807) is 6.33 Å². The summed E-state index contributed by atoms with van der Waals surface area (Å²) in [6.07, 6.45) is 2.58. The quantitative estimate of drug-likeness (QED) is 0.875. The Morgan fingerprint density at radius 2 is 2.35 bits per heavy atom. The van der Waals surface area contributed by atoms with Gasteiger partial charge in [-0.15, -0.1) is 0 Å². The summed E-state index contributed by atoms with van der Waals surface area (Å²) in [6, 6.07) is 8.41. The van der Waals surface area contributed by atoms with E-state index in [9.17, 15) is 0 Å². The highest BCUT2D eigenvalue weighted by molar-refractivity contribution is 5.78.